The zero-order valence-corrected chi connectivity index (χ0v) is 13.1. The van der Waals surface area contributed by atoms with Crippen LogP contribution in [0.5, 0.6) is 0 Å². The molecule has 1 aliphatic heterocycles. The lowest BCUT2D eigenvalue weighted by atomic mass is 10.3. The van der Waals surface area contributed by atoms with Crippen LogP contribution in [0.4, 0.5) is 0 Å². The second-order valence-corrected chi connectivity index (χ2v) is 8.97. The van der Waals surface area contributed by atoms with Gasteiger partial charge in [0, 0.05) is 12.2 Å². The average Bonchev–Trinajstić information content (AvgIpc) is 3.07. The summed E-state index contributed by atoms with van der Waals surface area (Å²) in [5.74, 6) is 0.334. The second kappa shape index (κ2) is 5.45. The van der Waals surface area contributed by atoms with E-state index < -0.39 is 25.9 Å². The van der Waals surface area contributed by atoms with E-state index in [0.29, 0.717) is 5.82 Å². The van der Waals surface area contributed by atoms with Crippen molar-refractivity contribution in [2.75, 3.05) is 11.5 Å². The van der Waals surface area contributed by atoms with Crippen LogP contribution in [0.25, 0.3) is 5.82 Å². The molecule has 0 bridgehead atoms. The highest BCUT2D eigenvalue weighted by Gasteiger charge is 2.31. The highest BCUT2D eigenvalue weighted by Crippen LogP contribution is 2.16. The third-order valence-electron chi connectivity index (χ3n) is 3.31. The van der Waals surface area contributed by atoms with Gasteiger partial charge >= 0.3 is 0 Å². The fraction of sp³-hybridized carbons (Fsp3) is 0.333. The minimum Gasteiger partial charge on any atom is -0.237 e. The fourth-order valence-corrected chi connectivity index (χ4v) is 5.21. The molecule has 0 saturated carbocycles. The number of sulfone groups is 1. The predicted octanol–water partition coefficient (Wildman–Crippen LogP) is -0.267. The highest BCUT2D eigenvalue weighted by molar-refractivity contribution is 7.92. The van der Waals surface area contributed by atoms with Crippen molar-refractivity contribution >= 4 is 19.9 Å². The molecule has 22 heavy (non-hydrogen) atoms. The minimum absolute atomic E-state index is 0.00733. The summed E-state index contributed by atoms with van der Waals surface area (Å²) < 4.78 is 51.1. The topological polar surface area (TPSA) is 111 Å². The van der Waals surface area contributed by atoms with Crippen molar-refractivity contribution < 1.29 is 16.8 Å². The summed E-state index contributed by atoms with van der Waals surface area (Å²) in [6.07, 6.45) is 4.41. The lowest BCUT2D eigenvalue weighted by molar-refractivity contribution is 0.562. The molecule has 1 saturated heterocycles. The summed E-state index contributed by atoms with van der Waals surface area (Å²) in [7, 11) is -6.95. The van der Waals surface area contributed by atoms with E-state index in [4.69, 9.17) is 0 Å². The van der Waals surface area contributed by atoms with E-state index in [-0.39, 0.29) is 22.8 Å². The Morgan fingerprint density at radius 3 is 2.77 bits per heavy atom. The molecular formula is C12H14N4O4S2. The smallest absolute Gasteiger partial charge is 0.237 e. The normalized spacial score (nSPS) is 21.0. The van der Waals surface area contributed by atoms with E-state index in [0.717, 1.165) is 0 Å². The molecule has 3 heterocycles. The monoisotopic (exact) mass is 342 g/mol. The Morgan fingerprint density at radius 2 is 2.14 bits per heavy atom. The van der Waals surface area contributed by atoms with Gasteiger partial charge < -0.3 is 0 Å². The molecule has 0 aromatic carbocycles. The summed E-state index contributed by atoms with van der Waals surface area (Å²) in [6.45, 7) is 0. The van der Waals surface area contributed by atoms with Gasteiger partial charge in [0.2, 0.25) is 10.0 Å². The molecule has 0 aliphatic carbocycles. The third kappa shape index (κ3) is 3.18. The van der Waals surface area contributed by atoms with E-state index in [1.54, 1.807) is 24.4 Å². The Hall–Kier alpha value is -1.78. The van der Waals surface area contributed by atoms with Crippen molar-refractivity contribution in [3.05, 3.63) is 36.8 Å². The Morgan fingerprint density at radius 1 is 1.32 bits per heavy atom. The standard InChI is InChI=1S/C12H14N4O4S2/c17-21(18)6-4-10(9-21)15-22(19,20)11-7-14-16(8-11)12-3-1-2-5-13-12/h1-3,5,7-8,10,15H,4,6,9H2/t10-/m1/s1. The Balaban J connectivity index is 1.80. The van der Waals surface area contributed by atoms with Gasteiger partial charge in [0.25, 0.3) is 0 Å². The number of nitrogens with zero attached hydrogens (tertiary/aromatic N) is 3. The molecule has 1 aliphatic rings. The van der Waals surface area contributed by atoms with Crippen molar-refractivity contribution in [2.45, 2.75) is 17.4 Å². The van der Waals surface area contributed by atoms with Crippen molar-refractivity contribution in [1.82, 2.24) is 19.5 Å². The summed E-state index contributed by atoms with van der Waals surface area (Å²) >= 11 is 0. The third-order valence-corrected chi connectivity index (χ3v) is 6.55. The van der Waals surface area contributed by atoms with Crippen LogP contribution in [0, 0.1) is 0 Å². The van der Waals surface area contributed by atoms with Gasteiger partial charge in [0.15, 0.2) is 15.7 Å². The maximum Gasteiger partial charge on any atom is 0.243 e. The summed E-state index contributed by atoms with van der Waals surface area (Å²) in [5.41, 5.74) is 0. The van der Waals surface area contributed by atoms with Crippen molar-refractivity contribution in [3.8, 4) is 5.82 Å². The van der Waals surface area contributed by atoms with Gasteiger partial charge in [-0.15, -0.1) is 0 Å². The molecular weight excluding hydrogens is 328 g/mol. The van der Waals surface area contributed by atoms with Crippen LogP contribution in [0.1, 0.15) is 6.42 Å². The minimum atomic E-state index is -3.81. The number of rotatable bonds is 4. The average molecular weight is 342 g/mol. The van der Waals surface area contributed by atoms with Crippen molar-refractivity contribution in [1.29, 1.82) is 0 Å². The van der Waals surface area contributed by atoms with Crippen LogP contribution >= 0.6 is 0 Å². The quantitative estimate of drug-likeness (QED) is 0.819. The molecule has 1 fully saturated rings. The summed E-state index contributed by atoms with van der Waals surface area (Å²) in [6, 6.07) is 4.61. The van der Waals surface area contributed by atoms with Crippen LogP contribution in [-0.4, -0.2) is 49.1 Å². The van der Waals surface area contributed by atoms with E-state index in [1.807, 2.05) is 0 Å². The number of nitrogens with one attached hydrogen (secondary N) is 1. The first kappa shape index (κ1) is 15.1. The molecule has 10 heteroatoms. The van der Waals surface area contributed by atoms with Gasteiger partial charge in [0.05, 0.1) is 23.9 Å². The first-order valence-corrected chi connectivity index (χ1v) is 9.85. The number of aromatic nitrogens is 3. The maximum absolute atomic E-state index is 12.3. The maximum atomic E-state index is 12.3. The highest BCUT2D eigenvalue weighted by atomic mass is 32.2. The fourth-order valence-electron chi connectivity index (χ4n) is 2.24. The van der Waals surface area contributed by atoms with Gasteiger partial charge in [-0.1, -0.05) is 6.07 Å². The van der Waals surface area contributed by atoms with Crippen LogP contribution in [0.3, 0.4) is 0 Å². The largest absolute Gasteiger partial charge is 0.243 e. The zero-order valence-electron chi connectivity index (χ0n) is 11.5. The van der Waals surface area contributed by atoms with Crippen LogP contribution in [-0.2, 0) is 19.9 Å². The van der Waals surface area contributed by atoms with Gasteiger partial charge in [-0.05, 0) is 18.6 Å². The number of hydrogen-bond acceptors (Lipinski definition) is 6. The SMILES string of the molecule is O=S1(=O)CC[C@@H](NS(=O)(=O)c2cnn(-c3ccccn3)c2)C1. The zero-order chi connectivity index (χ0) is 15.8. The van der Waals surface area contributed by atoms with Crippen LogP contribution in [0.2, 0.25) is 0 Å². The van der Waals surface area contributed by atoms with E-state index in [2.05, 4.69) is 14.8 Å². The lowest BCUT2D eigenvalue weighted by Crippen LogP contribution is -2.35. The molecule has 0 radical (unpaired) electrons. The summed E-state index contributed by atoms with van der Waals surface area (Å²) in [5, 5.41) is 3.97. The molecule has 0 spiro atoms. The Bertz CT molecular complexity index is 875. The second-order valence-electron chi connectivity index (χ2n) is 5.03. The number of pyridine rings is 1. The number of sulfonamides is 1. The molecule has 3 rings (SSSR count). The van der Waals surface area contributed by atoms with E-state index >= 15 is 0 Å². The molecule has 1 N–H and O–H groups in total. The van der Waals surface area contributed by atoms with Crippen molar-refractivity contribution in [3.63, 3.8) is 0 Å². The lowest BCUT2D eigenvalue weighted by Gasteiger charge is -2.09. The van der Waals surface area contributed by atoms with Crippen molar-refractivity contribution in [2.24, 2.45) is 0 Å². The Kier molecular flexibility index (Phi) is 3.75. The van der Waals surface area contributed by atoms with Gasteiger partial charge in [-0.25, -0.2) is 31.2 Å². The predicted molar refractivity (Wildman–Crippen MR) is 78.7 cm³/mol. The van der Waals surface area contributed by atoms with Gasteiger partial charge in [-0.3, -0.25) is 0 Å². The molecule has 8 nitrogen and oxygen atoms in total. The molecule has 0 unspecified atom stereocenters. The van der Waals surface area contributed by atoms with Gasteiger partial charge in [0.1, 0.15) is 4.90 Å². The molecule has 118 valence electrons. The van der Waals surface area contributed by atoms with E-state index in [9.17, 15) is 16.8 Å². The summed E-state index contributed by atoms with van der Waals surface area (Å²) in [4.78, 5) is 4.05. The Labute approximate surface area is 128 Å². The molecule has 0 amide bonds. The first-order valence-electron chi connectivity index (χ1n) is 6.55. The van der Waals surface area contributed by atoms with Gasteiger partial charge in [-0.2, -0.15) is 5.10 Å². The first-order chi connectivity index (χ1) is 10.4. The molecule has 2 aromatic heterocycles. The van der Waals surface area contributed by atoms with Crippen LogP contribution in [0.15, 0.2) is 41.7 Å². The number of hydrogen-bond donors (Lipinski definition) is 1. The van der Waals surface area contributed by atoms with E-state index in [1.165, 1.54) is 17.1 Å². The molecule has 2 aromatic rings. The molecule has 1 atom stereocenters. The van der Waals surface area contributed by atoms with Crippen LogP contribution < -0.4 is 4.72 Å².